The summed E-state index contributed by atoms with van der Waals surface area (Å²) in [5.74, 6) is 0.369. The molecular formula is C26H22F3N7O. The number of halogens is 3. The van der Waals surface area contributed by atoms with Crippen LogP contribution in [-0.4, -0.2) is 30.7 Å². The topological polar surface area (TPSA) is 127 Å². The van der Waals surface area contributed by atoms with E-state index in [2.05, 4.69) is 19.9 Å². The fraction of sp³-hybridized carbons (Fsp3) is 0.154. The summed E-state index contributed by atoms with van der Waals surface area (Å²) < 4.78 is 39.0. The molecule has 0 saturated carbocycles. The van der Waals surface area contributed by atoms with E-state index in [0.717, 1.165) is 28.8 Å². The second-order valence-electron chi connectivity index (χ2n) is 8.77. The number of carbonyl (C=O) groups excluding carboxylic acids is 1. The maximum absolute atomic E-state index is 13.7. The molecule has 5 aromatic rings. The van der Waals surface area contributed by atoms with Crippen molar-refractivity contribution in [3.63, 3.8) is 0 Å². The molecule has 0 atom stereocenters. The molecule has 0 fully saturated rings. The maximum Gasteiger partial charge on any atom is 0.417 e. The molecule has 3 heterocycles. The van der Waals surface area contributed by atoms with Gasteiger partial charge in [0.15, 0.2) is 5.95 Å². The number of nitrogens with two attached hydrogens (primary N) is 2. The van der Waals surface area contributed by atoms with Gasteiger partial charge in [0, 0.05) is 23.7 Å². The van der Waals surface area contributed by atoms with Crippen LogP contribution in [-0.2, 0) is 19.3 Å². The minimum Gasteiger partial charge on any atom is -0.383 e. The van der Waals surface area contributed by atoms with Gasteiger partial charge in [-0.2, -0.15) is 13.2 Å². The number of pyridine rings is 2. The van der Waals surface area contributed by atoms with Gasteiger partial charge in [0.2, 0.25) is 0 Å². The number of benzene rings is 2. The Morgan fingerprint density at radius 1 is 0.973 bits per heavy atom. The van der Waals surface area contributed by atoms with Crippen molar-refractivity contribution in [3.05, 3.63) is 88.7 Å². The summed E-state index contributed by atoms with van der Waals surface area (Å²) >= 11 is 0. The second kappa shape index (κ2) is 9.08. The van der Waals surface area contributed by atoms with E-state index in [1.54, 1.807) is 24.3 Å². The number of amides is 1. The highest BCUT2D eigenvalue weighted by atomic mass is 19.4. The van der Waals surface area contributed by atoms with E-state index in [4.69, 9.17) is 11.5 Å². The first kappa shape index (κ1) is 24.0. The van der Waals surface area contributed by atoms with Crippen LogP contribution >= 0.6 is 0 Å². The van der Waals surface area contributed by atoms with Gasteiger partial charge < -0.3 is 21.4 Å². The van der Waals surface area contributed by atoms with Gasteiger partial charge in [-0.15, -0.1) is 0 Å². The number of aromatic amines is 1. The fourth-order valence-electron chi connectivity index (χ4n) is 4.09. The molecule has 37 heavy (non-hydrogen) atoms. The van der Waals surface area contributed by atoms with Crippen molar-refractivity contribution in [2.24, 2.45) is 0 Å². The lowest BCUT2D eigenvalue weighted by atomic mass is 10.1. The normalized spacial score (nSPS) is 11.8. The number of nitrogens with zero attached hydrogens (tertiary/aromatic N) is 4. The van der Waals surface area contributed by atoms with Crippen LogP contribution in [0.25, 0.3) is 21.9 Å². The Kier molecular flexibility index (Phi) is 5.90. The number of rotatable bonds is 5. The molecule has 0 aliphatic rings. The zero-order chi connectivity index (χ0) is 26.3. The number of alkyl halides is 3. The number of aromatic nitrogens is 4. The first-order valence-corrected chi connectivity index (χ1v) is 11.3. The van der Waals surface area contributed by atoms with E-state index < -0.39 is 11.7 Å². The van der Waals surface area contributed by atoms with E-state index >= 15 is 0 Å². The van der Waals surface area contributed by atoms with E-state index in [9.17, 15) is 18.0 Å². The predicted molar refractivity (Wildman–Crippen MR) is 134 cm³/mol. The van der Waals surface area contributed by atoms with Crippen LogP contribution in [0.3, 0.4) is 0 Å². The predicted octanol–water partition coefficient (Wildman–Crippen LogP) is 4.84. The quantitative estimate of drug-likeness (QED) is 0.314. The third-order valence-corrected chi connectivity index (χ3v) is 6.02. The molecule has 1 amide bonds. The van der Waals surface area contributed by atoms with E-state index in [1.807, 2.05) is 25.1 Å². The number of hydrogen-bond acceptors (Lipinski definition) is 6. The van der Waals surface area contributed by atoms with Crippen LogP contribution in [0.4, 0.5) is 24.9 Å². The molecule has 188 valence electrons. The van der Waals surface area contributed by atoms with E-state index in [0.29, 0.717) is 33.6 Å². The average Bonchev–Trinajstić information content (AvgIpc) is 3.22. The number of aryl methyl sites for hydroxylation is 1. The molecule has 0 spiro atoms. The SMILES string of the molecule is Cc1cc2cc(C(=O)N(Cc3ccc4nc(N)[nH]c4c3)Cc3ccc(C(F)(F)F)cn3)ccc2nc1N. The van der Waals surface area contributed by atoms with Gasteiger partial charge in [-0.3, -0.25) is 9.78 Å². The maximum atomic E-state index is 13.7. The number of imidazole rings is 1. The second-order valence-corrected chi connectivity index (χ2v) is 8.77. The number of nitrogens with one attached hydrogen (secondary N) is 1. The zero-order valence-corrected chi connectivity index (χ0v) is 19.7. The van der Waals surface area contributed by atoms with Crippen LogP contribution in [0.15, 0.2) is 60.8 Å². The molecule has 5 rings (SSSR count). The molecule has 0 bridgehead atoms. The van der Waals surface area contributed by atoms with Gasteiger partial charge in [-0.05, 0) is 66.6 Å². The summed E-state index contributed by atoms with van der Waals surface area (Å²) in [4.78, 5) is 30.6. The van der Waals surface area contributed by atoms with Gasteiger partial charge in [0.25, 0.3) is 5.91 Å². The minimum absolute atomic E-state index is 0.00280. The van der Waals surface area contributed by atoms with Crippen molar-refractivity contribution in [3.8, 4) is 0 Å². The van der Waals surface area contributed by atoms with Crippen molar-refractivity contribution in [1.29, 1.82) is 0 Å². The summed E-state index contributed by atoms with van der Waals surface area (Å²) in [7, 11) is 0. The van der Waals surface area contributed by atoms with Crippen molar-refractivity contribution < 1.29 is 18.0 Å². The molecule has 3 aromatic heterocycles. The Hall–Kier alpha value is -4.67. The molecule has 11 heteroatoms. The van der Waals surface area contributed by atoms with Gasteiger partial charge in [0.05, 0.1) is 34.4 Å². The summed E-state index contributed by atoms with van der Waals surface area (Å²) in [5.41, 5.74) is 15.1. The van der Waals surface area contributed by atoms with Gasteiger partial charge >= 0.3 is 6.18 Å². The summed E-state index contributed by atoms with van der Waals surface area (Å²) in [6, 6.07) is 14.6. The first-order valence-electron chi connectivity index (χ1n) is 11.3. The Bertz CT molecular complexity index is 1630. The summed E-state index contributed by atoms with van der Waals surface area (Å²) in [6.07, 6.45) is -3.73. The van der Waals surface area contributed by atoms with E-state index in [-0.39, 0.29) is 24.9 Å². The zero-order valence-electron chi connectivity index (χ0n) is 19.7. The summed E-state index contributed by atoms with van der Waals surface area (Å²) in [5, 5.41) is 0.750. The number of hydrogen-bond donors (Lipinski definition) is 3. The molecule has 5 N–H and O–H groups in total. The lowest BCUT2D eigenvalue weighted by Gasteiger charge is -2.23. The lowest BCUT2D eigenvalue weighted by Crippen LogP contribution is -2.30. The van der Waals surface area contributed by atoms with Gasteiger partial charge in [-0.1, -0.05) is 6.07 Å². The molecular weight excluding hydrogens is 483 g/mol. The molecule has 0 saturated heterocycles. The number of nitrogen functional groups attached to an aromatic ring is 2. The highest BCUT2D eigenvalue weighted by molar-refractivity contribution is 5.98. The monoisotopic (exact) mass is 505 g/mol. The fourth-order valence-corrected chi connectivity index (χ4v) is 4.09. The Morgan fingerprint density at radius 3 is 2.49 bits per heavy atom. The van der Waals surface area contributed by atoms with Crippen molar-refractivity contribution in [1.82, 2.24) is 24.8 Å². The molecule has 0 aliphatic carbocycles. The smallest absolute Gasteiger partial charge is 0.383 e. The number of H-pyrrole nitrogens is 1. The van der Waals surface area contributed by atoms with E-state index in [1.165, 1.54) is 11.0 Å². The average molecular weight is 506 g/mol. The van der Waals surface area contributed by atoms with Crippen molar-refractivity contribution >= 4 is 39.6 Å². The van der Waals surface area contributed by atoms with Crippen LogP contribution in [0.2, 0.25) is 0 Å². The van der Waals surface area contributed by atoms with Gasteiger partial charge in [-0.25, -0.2) is 9.97 Å². The van der Waals surface area contributed by atoms with Crippen LogP contribution < -0.4 is 11.5 Å². The first-order chi connectivity index (χ1) is 17.6. The molecule has 8 nitrogen and oxygen atoms in total. The highest BCUT2D eigenvalue weighted by Gasteiger charge is 2.30. The summed E-state index contributed by atoms with van der Waals surface area (Å²) in [6.45, 7) is 2.00. The third-order valence-electron chi connectivity index (χ3n) is 6.02. The van der Waals surface area contributed by atoms with Crippen molar-refractivity contribution in [2.75, 3.05) is 11.5 Å². The van der Waals surface area contributed by atoms with Crippen LogP contribution in [0.5, 0.6) is 0 Å². The standard InChI is InChI=1S/C26H22F3N7O/c1-14-8-17-10-16(3-7-20(17)33-23(14)30)24(37)36(13-19-5-4-18(11-32-19)26(27,28)29)12-15-2-6-21-22(9-15)35-25(31)34-21/h2-11H,12-13H2,1H3,(H2,30,33)(H3,31,34,35). The molecule has 0 unspecified atom stereocenters. The third kappa shape index (κ3) is 5.01. The lowest BCUT2D eigenvalue weighted by molar-refractivity contribution is -0.137. The Morgan fingerprint density at radius 2 is 1.76 bits per heavy atom. The number of fused-ring (bicyclic) bond motifs is 2. The largest absolute Gasteiger partial charge is 0.417 e. The van der Waals surface area contributed by atoms with Crippen LogP contribution in [0, 0.1) is 6.92 Å². The Balaban J connectivity index is 1.49. The Labute approximate surface area is 209 Å². The number of anilines is 2. The van der Waals surface area contributed by atoms with Crippen molar-refractivity contribution in [2.45, 2.75) is 26.2 Å². The number of carbonyl (C=O) groups is 1. The molecule has 2 aromatic carbocycles. The van der Waals surface area contributed by atoms with Crippen LogP contribution in [0.1, 0.15) is 32.7 Å². The van der Waals surface area contributed by atoms with Gasteiger partial charge in [0.1, 0.15) is 5.82 Å². The molecule has 0 aliphatic heterocycles. The molecule has 0 radical (unpaired) electrons. The highest BCUT2D eigenvalue weighted by Crippen LogP contribution is 2.29. The minimum atomic E-state index is -4.50.